The summed E-state index contributed by atoms with van der Waals surface area (Å²) >= 11 is 3.38. The maximum Gasteiger partial charge on any atom is 0.124 e. The van der Waals surface area contributed by atoms with Gasteiger partial charge in [-0.1, -0.05) is 34.1 Å². The van der Waals surface area contributed by atoms with Crippen LogP contribution in [0, 0.1) is 5.82 Å². The fourth-order valence-corrected chi connectivity index (χ4v) is 2.45. The molecule has 0 heterocycles. The standard InChI is InChI=1S/C16H17BrFNO/c1-11(12-4-3-5-15(8-12)20-2)19-10-13-6-7-14(18)9-16(13)17/h3-9,11,19H,10H2,1-2H3/t11-/m0/s1. The van der Waals surface area contributed by atoms with Crippen LogP contribution in [0.3, 0.4) is 0 Å². The number of rotatable bonds is 5. The van der Waals surface area contributed by atoms with Gasteiger partial charge in [0.1, 0.15) is 11.6 Å². The van der Waals surface area contributed by atoms with Gasteiger partial charge in [-0.05, 0) is 42.3 Å². The van der Waals surface area contributed by atoms with Gasteiger partial charge in [0.25, 0.3) is 0 Å². The Kier molecular flexibility index (Phi) is 5.15. The first-order valence-corrected chi connectivity index (χ1v) is 7.20. The first-order valence-electron chi connectivity index (χ1n) is 6.41. The third kappa shape index (κ3) is 3.81. The average molecular weight is 338 g/mol. The summed E-state index contributed by atoms with van der Waals surface area (Å²) in [6.07, 6.45) is 0. The van der Waals surface area contributed by atoms with Gasteiger partial charge in [-0.25, -0.2) is 4.39 Å². The Bertz CT molecular complexity index is 588. The normalized spacial score (nSPS) is 12.2. The van der Waals surface area contributed by atoms with Crippen LogP contribution >= 0.6 is 15.9 Å². The number of halogens is 2. The fourth-order valence-electron chi connectivity index (χ4n) is 1.96. The SMILES string of the molecule is COc1cccc([C@H](C)NCc2ccc(F)cc2Br)c1. The minimum Gasteiger partial charge on any atom is -0.497 e. The summed E-state index contributed by atoms with van der Waals surface area (Å²) in [5, 5.41) is 3.42. The van der Waals surface area contributed by atoms with Crippen molar-refractivity contribution in [2.75, 3.05) is 7.11 Å². The predicted molar refractivity (Wildman–Crippen MR) is 82.3 cm³/mol. The van der Waals surface area contributed by atoms with Crippen LogP contribution in [0.15, 0.2) is 46.9 Å². The van der Waals surface area contributed by atoms with E-state index in [1.54, 1.807) is 13.2 Å². The van der Waals surface area contributed by atoms with Crippen molar-refractivity contribution < 1.29 is 9.13 Å². The first-order chi connectivity index (χ1) is 9.60. The lowest BCUT2D eigenvalue weighted by Gasteiger charge is -2.16. The predicted octanol–water partition coefficient (Wildman–Crippen LogP) is 4.45. The van der Waals surface area contributed by atoms with Gasteiger partial charge < -0.3 is 10.1 Å². The largest absolute Gasteiger partial charge is 0.497 e. The van der Waals surface area contributed by atoms with Crippen LogP contribution in [-0.2, 0) is 6.54 Å². The Morgan fingerprint density at radius 1 is 1.25 bits per heavy atom. The topological polar surface area (TPSA) is 21.3 Å². The molecule has 4 heteroatoms. The molecule has 106 valence electrons. The van der Waals surface area contributed by atoms with E-state index in [4.69, 9.17) is 4.74 Å². The lowest BCUT2D eigenvalue weighted by atomic mass is 10.1. The lowest BCUT2D eigenvalue weighted by Crippen LogP contribution is -2.18. The van der Waals surface area contributed by atoms with Crippen LogP contribution in [0.25, 0.3) is 0 Å². The molecule has 0 radical (unpaired) electrons. The van der Waals surface area contributed by atoms with E-state index in [-0.39, 0.29) is 11.9 Å². The molecule has 2 nitrogen and oxygen atoms in total. The molecule has 1 atom stereocenters. The summed E-state index contributed by atoms with van der Waals surface area (Å²) in [6, 6.07) is 12.9. The molecule has 2 rings (SSSR count). The van der Waals surface area contributed by atoms with E-state index >= 15 is 0 Å². The smallest absolute Gasteiger partial charge is 0.124 e. The molecule has 2 aromatic rings. The monoisotopic (exact) mass is 337 g/mol. The summed E-state index contributed by atoms with van der Waals surface area (Å²) in [6.45, 7) is 2.76. The van der Waals surface area contributed by atoms with Crippen molar-refractivity contribution in [1.29, 1.82) is 0 Å². The van der Waals surface area contributed by atoms with Crippen molar-refractivity contribution in [2.24, 2.45) is 0 Å². The van der Waals surface area contributed by atoms with E-state index in [0.29, 0.717) is 6.54 Å². The Balaban J connectivity index is 2.02. The highest BCUT2D eigenvalue weighted by Crippen LogP contribution is 2.21. The first kappa shape index (κ1) is 15.0. The molecule has 0 saturated carbocycles. The van der Waals surface area contributed by atoms with E-state index < -0.39 is 0 Å². The van der Waals surface area contributed by atoms with Crippen LogP contribution in [0.5, 0.6) is 5.75 Å². The molecule has 0 fully saturated rings. The molecule has 2 aromatic carbocycles. The zero-order valence-corrected chi connectivity index (χ0v) is 13.1. The summed E-state index contributed by atoms with van der Waals surface area (Å²) in [4.78, 5) is 0. The van der Waals surface area contributed by atoms with E-state index in [2.05, 4.69) is 34.2 Å². The number of hydrogen-bond acceptors (Lipinski definition) is 2. The van der Waals surface area contributed by atoms with Crippen LogP contribution in [0.1, 0.15) is 24.1 Å². The summed E-state index contributed by atoms with van der Waals surface area (Å²) in [7, 11) is 1.66. The molecule has 0 saturated heterocycles. The van der Waals surface area contributed by atoms with E-state index in [1.807, 2.05) is 18.2 Å². The minimum atomic E-state index is -0.235. The molecular weight excluding hydrogens is 321 g/mol. The van der Waals surface area contributed by atoms with Crippen molar-refractivity contribution in [3.8, 4) is 5.75 Å². The summed E-state index contributed by atoms with van der Waals surface area (Å²) in [5.41, 5.74) is 2.18. The van der Waals surface area contributed by atoms with Crippen molar-refractivity contribution in [2.45, 2.75) is 19.5 Å². The highest BCUT2D eigenvalue weighted by molar-refractivity contribution is 9.10. The molecule has 0 aliphatic rings. The summed E-state index contributed by atoms with van der Waals surface area (Å²) < 4.78 is 19.0. The second-order valence-electron chi connectivity index (χ2n) is 4.61. The molecule has 0 bridgehead atoms. The number of nitrogens with one attached hydrogen (secondary N) is 1. The van der Waals surface area contributed by atoms with Crippen molar-refractivity contribution in [3.63, 3.8) is 0 Å². The Labute approximate surface area is 127 Å². The summed E-state index contributed by atoms with van der Waals surface area (Å²) in [5.74, 6) is 0.612. The zero-order chi connectivity index (χ0) is 14.5. The molecular formula is C16H17BrFNO. The second-order valence-corrected chi connectivity index (χ2v) is 5.47. The van der Waals surface area contributed by atoms with E-state index in [9.17, 15) is 4.39 Å². The second kappa shape index (κ2) is 6.86. The molecule has 0 aliphatic heterocycles. The fraction of sp³-hybridized carbons (Fsp3) is 0.250. The van der Waals surface area contributed by atoms with E-state index in [1.165, 1.54) is 12.1 Å². The molecule has 0 amide bonds. The third-order valence-electron chi connectivity index (χ3n) is 3.21. The molecule has 0 unspecified atom stereocenters. The Morgan fingerprint density at radius 2 is 2.05 bits per heavy atom. The number of benzene rings is 2. The van der Waals surface area contributed by atoms with Crippen molar-refractivity contribution in [1.82, 2.24) is 5.32 Å². The quantitative estimate of drug-likeness (QED) is 0.870. The van der Waals surface area contributed by atoms with Crippen molar-refractivity contribution >= 4 is 15.9 Å². The van der Waals surface area contributed by atoms with Crippen LogP contribution in [0.4, 0.5) is 4.39 Å². The van der Waals surface area contributed by atoms with Crippen LogP contribution in [-0.4, -0.2) is 7.11 Å². The van der Waals surface area contributed by atoms with Gasteiger partial charge in [-0.3, -0.25) is 0 Å². The molecule has 0 aliphatic carbocycles. The van der Waals surface area contributed by atoms with Crippen LogP contribution < -0.4 is 10.1 Å². The lowest BCUT2D eigenvalue weighted by molar-refractivity contribution is 0.413. The number of methoxy groups -OCH3 is 1. The zero-order valence-electron chi connectivity index (χ0n) is 11.5. The van der Waals surface area contributed by atoms with E-state index in [0.717, 1.165) is 21.3 Å². The average Bonchev–Trinajstić information content (AvgIpc) is 2.46. The molecule has 0 aromatic heterocycles. The van der Waals surface area contributed by atoms with Gasteiger partial charge >= 0.3 is 0 Å². The van der Waals surface area contributed by atoms with Gasteiger partial charge in [-0.15, -0.1) is 0 Å². The van der Waals surface area contributed by atoms with Crippen molar-refractivity contribution in [3.05, 3.63) is 63.9 Å². The third-order valence-corrected chi connectivity index (χ3v) is 3.95. The van der Waals surface area contributed by atoms with Gasteiger partial charge in [0.2, 0.25) is 0 Å². The Morgan fingerprint density at radius 3 is 2.75 bits per heavy atom. The minimum absolute atomic E-state index is 0.182. The van der Waals surface area contributed by atoms with Gasteiger partial charge in [-0.2, -0.15) is 0 Å². The maximum atomic E-state index is 13.0. The molecule has 20 heavy (non-hydrogen) atoms. The van der Waals surface area contributed by atoms with Crippen LogP contribution in [0.2, 0.25) is 0 Å². The highest BCUT2D eigenvalue weighted by atomic mass is 79.9. The van der Waals surface area contributed by atoms with Gasteiger partial charge in [0.15, 0.2) is 0 Å². The molecule has 0 spiro atoms. The molecule has 1 N–H and O–H groups in total. The van der Waals surface area contributed by atoms with Gasteiger partial charge in [0, 0.05) is 17.1 Å². The maximum absolute atomic E-state index is 13.0. The highest BCUT2D eigenvalue weighted by Gasteiger charge is 2.07. The number of ether oxygens (including phenoxy) is 1. The number of hydrogen-bond donors (Lipinski definition) is 1. The van der Waals surface area contributed by atoms with Gasteiger partial charge in [0.05, 0.1) is 7.11 Å². The Hall–Kier alpha value is -1.39.